The lowest BCUT2D eigenvalue weighted by Gasteiger charge is -2.27. The quantitative estimate of drug-likeness (QED) is 0.705. The Kier molecular flexibility index (Phi) is 5.11. The molecular weight excluding hydrogens is 198 g/mol. The summed E-state index contributed by atoms with van der Waals surface area (Å²) >= 11 is 0. The summed E-state index contributed by atoms with van der Waals surface area (Å²) in [4.78, 5) is 0. The molecule has 2 saturated carbocycles. The molecule has 2 unspecified atom stereocenters. The van der Waals surface area contributed by atoms with Crippen molar-refractivity contribution in [3.63, 3.8) is 0 Å². The van der Waals surface area contributed by atoms with Gasteiger partial charge in [-0.1, -0.05) is 25.7 Å². The predicted octanol–water partition coefficient (Wildman–Crippen LogP) is 2.85. The number of hydrogen-bond acceptors (Lipinski definition) is 2. The molecule has 16 heavy (non-hydrogen) atoms. The lowest BCUT2D eigenvalue weighted by Crippen LogP contribution is -2.29. The molecule has 2 heteroatoms. The molecule has 0 aromatic carbocycles. The van der Waals surface area contributed by atoms with Gasteiger partial charge in [0.1, 0.15) is 0 Å². The van der Waals surface area contributed by atoms with Crippen molar-refractivity contribution in [3.8, 4) is 0 Å². The highest BCUT2D eigenvalue weighted by atomic mass is 16.3. The molecule has 2 fully saturated rings. The molecule has 2 atom stereocenters. The third-order valence-electron chi connectivity index (χ3n) is 4.41. The van der Waals surface area contributed by atoms with Crippen LogP contribution in [-0.4, -0.2) is 23.8 Å². The second-order valence-electron chi connectivity index (χ2n) is 5.69. The number of aliphatic hydroxyl groups is 1. The van der Waals surface area contributed by atoms with Gasteiger partial charge in [-0.25, -0.2) is 0 Å². The summed E-state index contributed by atoms with van der Waals surface area (Å²) in [6.45, 7) is 1.16. The molecule has 2 rings (SSSR count). The highest BCUT2D eigenvalue weighted by Crippen LogP contribution is 2.27. The molecule has 2 aliphatic rings. The zero-order valence-electron chi connectivity index (χ0n) is 10.5. The van der Waals surface area contributed by atoms with Crippen molar-refractivity contribution in [2.75, 3.05) is 6.54 Å². The van der Waals surface area contributed by atoms with Gasteiger partial charge in [0.25, 0.3) is 0 Å². The molecule has 0 aromatic heterocycles. The molecule has 0 heterocycles. The van der Waals surface area contributed by atoms with Crippen molar-refractivity contribution >= 4 is 0 Å². The molecule has 0 radical (unpaired) electrons. The highest BCUT2D eigenvalue weighted by molar-refractivity contribution is 4.76. The maximum Gasteiger partial charge on any atom is 0.0568 e. The first-order valence-corrected chi connectivity index (χ1v) is 7.28. The van der Waals surface area contributed by atoms with E-state index in [0.29, 0.717) is 5.92 Å². The molecule has 0 spiro atoms. The van der Waals surface area contributed by atoms with Crippen LogP contribution in [0, 0.1) is 5.92 Å². The van der Waals surface area contributed by atoms with E-state index in [2.05, 4.69) is 5.32 Å². The lowest BCUT2D eigenvalue weighted by atomic mass is 9.83. The van der Waals surface area contributed by atoms with Gasteiger partial charge in [0.2, 0.25) is 0 Å². The largest absolute Gasteiger partial charge is 0.393 e. The molecule has 0 aliphatic heterocycles. The van der Waals surface area contributed by atoms with Crippen LogP contribution in [0.15, 0.2) is 0 Å². The topological polar surface area (TPSA) is 32.3 Å². The number of nitrogens with one attached hydrogen (secondary N) is 1. The number of hydrogen-bond donors (Lipinski definition) is 2. The minimum absolute atomic E-state index is 0.000213. The van der Waals surface area contributed by atoms with Gasteiger partial charge in [0.05, 0.1) is 6.10 Å². The van der Waals surface area contributed by atoms with Crippen molar-refractivity contribution in [1.82, 2.24) is 5.32 Å². The van der Waals surface area contributed by atoms with Crippen LogP contribution in [0.1, 0.15) is 64.2 Å². The minimum atomic E-state index is 0.000213. The number of rotatable bonds is 5. The van der Waals surface area contributed by atoms with E-state index in [1.165, 1.54) is 57.8 Å². The maximum absolute atomic E-state index is 9.86. The van der Waals surface area contributed by atoms with E-state index in [4.69, 9.17) is 0 Å². The molecule has 0 saturated heterocycles. The first kappa shape index (κ1) is 12.4. The van der Waals surface area contributed by atoms with E-state index in [-0.39, 0.29) is 6.10 Å². The van der Waals surface area contributed by atoms with E-state index in [9.17, 15) is 5.11 Å². The van der Waals surface area contributed by atoms with Gasteiger partial charge < -0.3 is 10.4 Å². The summed E-state index contributed by atoms with van der Waals surface area (Å²) in [7, 11) is 0. The summed E-state index contributed by atoms with van der Waals surface area (Å²) < 4.78 is 0. The van der Waals surface area contributed by atoms with Crippen LogP contribution in [-0.2, 0) is 0 Å². The average Bonchev–Trinajstić information content (AvgIpc) is 2.79. The highest BCUT2D eigenvalue weighted by Gasteiger charge is 2.22. The van der Waals surface area contributed by atoms with E-state index < -0.39 is 0 Å². The summed E-state index contributed by atoms with van der Waals surface area (Å²) in [5.41, 5.74) is 0. The molecule has 94 valence electrons. The monoisotopic (exact) mass is 225 g/mol. The van der Waals surface area contributed by atoms with Gasteiger partial charge >= 0.3 is 0 Å². The van der Waals surface area contributed by atoms with E-state index in [1.54, 1.807) is 0 Å². The Morgan fingerprint density at radius 3 is 2.38 bits per heavy atom. The summed E-state index contributed by atoms with van der Waals surface area (Å²) in [6, 6.07) is 0.802. The standard InChI is InChI=1S/C14H27NO/c16-14-10-4-1-6-12(14)7-5-11-15-13-8-2-3-9-13/h12-16H,1-11H2. The van der Waals surface area contributed by atoms with Gasteiger partial charge in [0, 0.05) is 6.04 Å². The Morgan fingerprint density at radius 2 is 1.62 bits per heavy atom. The third kappa shape index (κ3) is 3.74. The van der Waals surface area contributed by atoms with E-state index in [1.807, 2.05) is 0 Å². The Bertz CT molecular complexity index is 189. The Labute approximate surface area is 99.8 Å². The first-order chi connectivity index (χ1) is 7.86. The van der Waals surface area contributed by atoms with Crippen molar-refractivity contribution in [1.29, 1.82) is 0 Å². The van der Waals surface area contributed by atoms with Crippen LogP contribution in [0.2, 0.25) is 0 Å². The maximum atomic E-state index is 9.86. The predicted molar refractivity (Wildman–Crippen MR) is 67.5 cm³/mol. The molecule has 2 N–H and O–H groups in total. The summed E-state index contributed by atoms with van der Waals surface area (Å²) in [5.74, 6) is 0.596. The van der Waals surface area contributed by atoms with Crippen LogP contribution in [0.5, 0.6) is 0 Å². The van der Waals surface area contributed by atoms with E-state index >= 15 is 0 Å². The average molecular weight is 225 g/mol. The Balaban J connectivity index is 1.53. The number of aliphatic hydroxyl groups excluding tert-OH is 1. The van der Waals surface area contributed by atoms with E-state index in [0.717, 1.165) is 19.0 Å². The second kappa shape index (κ2) is 6.61. The van der Waals surface area contributed by atoms with Gasteiger partial charge in [-0.3, -0.25) is 0 Å². The fourth-order valence-electron chi connectivity index (χ4n) is 3.33. The Morgan fingerprint density at radius 1 is 0.938 bits per heavy atom. The smallest absolute Gasteiger partial charge is 0.0568 e. The SMILES string of the molecule is OC1CCCCC1CCCNC1CCCC1. The first-order valence-electron chi connectivity index (χ1n) is 7.28. The van der Waals surface area contributed by atoms with Crippen molar-refractivity contribution in [3.05, 3.63) is 0 Å². The molecule has 2 nitrogen and oxygen atoms in total. The van der Waals surface area contributed by atoms with Gasteiger partial charge in [-0.05, 0) is 51.0 Å². The van der Waals surface area contributed by atoms with Crippen LogP contribution in [0.4, 0.5) is 0 Å². The van der Waals surface area contributed by atoms with Crippen molar-refractivity contribution in [2.24, 2.45) is 5.92 Å². The minimum Gasteiger partial charge on any atom is -0.393 e. The molecule has 2 aliphatic carbocycles. The zero-order valence-corrected chi connectivity index (χ0v) is 10.5. The molecule has 0 amide bonds. The fourth-order valence-corrected chi connectivity index (χ4v) is 3.33. The fraction of sp³-hybridized carbons (Fsp3) is 1.00. The molecule has 0 aromatic rings. The lowest BCUT2D eigenvalue weighted by molar-refractivity contribution is 0.0642. The van der Waals surface area contributed by atoms with Crippen molar-refractivity contribution in [2.45, 2.75) is 76.4 Å². The van der Waals surface area contributed by atoms with Crippen LogP contribution in [0.25, 0.3) is 0 Å². The van der Waals surface area contributed by atoms with Gasteiger partial charge in [-0.2, -0.15) is 0 Å². The normalized spacial score (nSPS) is 32.1. The summed E-state index contributed by atoms with van der Waals surface area (Å²) in [6.07, 6.45) is 12.9. The molecule has 0 bridgehead atoms. The van der Waals surface area contributed by atoms with Crippen LogP contribution < -0.4 is 5.32 Å². The van der Waals surface area contributed by atoms with Crippen LogP contribution in [0.3, 0.4) is 0 Å². The third-order valence-corrected chi connectivity index (χ3v) is 4.41. The summed E-state index contributed by atoms with van der Waals surface area (Å²) in [5, 5.41) is 13.5. The van der Waals surface area contributed by atoms with Crippen molar-refractivity contribution < 1.29 is 5.11 Å². The zero-order chi connectivity index (χ0) is 11.2. The molecular formula is C14H27NO. The van der Waals surface area contributed by atoms with Gasteiger partial charge in [-0.15, -0.1) is 0 Å². The van der Waals surface area contributed by atoms with Crippen LogP contribution >= 0.6 is 0 Å². The van der Waals surface area contributed by atoms with Gasteiger partial charge in [0.15, 0.2) is 0 Å². The second-order valence-corrected chi connectivity index (χ2v) is 5.69. The Hall–Kier alpha value is -0.0800.